The van der Waals surface area contributed by atoms with Gasteiger partial charge in [-0.2, -0.15) is 5.26 Å². The minimum absolute atomic E-state index is 0.269. The van der Waals surface area contributed by atoms with Gasteiger partial charge >= 0.3 is 0 Å². The van der Waals surface area contributed by atoms with Crippen LogP contribution in [0.2, 0.25) is 0 Å². The highest BCUT2D eigenvalue weighted by Crippen LogP contribution is 2.19. The molecule has 1 aromatic heterocycles. The van der Waals surface area contributed by atoms with Gasteiger partial charge in [-0.25, -0.2) is 0 Å². The maximum atomic E-state index is 12.2. The Balaban J connectivity index is 1.80. The highest BCUT2D eigenvalue weighted by molar-refractivity contribution is 7.15. The molecule has 1 N–H and O–H groups in total. The van der Waals surface area contributed by atoms with Gasteiger partial charge in [-0.15, -0.1) is 10.2 Å². The van der Waals surface area contributed by atoms with E-state index in [1.54, 1.807) is 24.3 Å². The molecular formula is C18H22N4OS. The molecule has 24 heavy (non-hydrogen) atoms. The lowest BCUT2D eigenvalue weighted by molar-refractivity contribution is 0.102. The van der Waals surface area contributed by atoms with Gasteiger partial charge in [-0.3, -0.25) is 10.1 Å². The van der Waals surface area contributed by atoms with Gasteiger partial charge in [0.2, 0.25) is 5.13 Å². The van der Waals surface area contributed by atoms with Crippen molar-refractivity contribution in [2.75, 3.05) is 5.32 Å². The van der Waals surface area contributed by atoms with Crippen molar-refractivity contribution in [3.63, 3.8) is 0 Å². The van der Waals surface area contributed by atoms with Crippen molar-refractivity contribution in [2.45, 2.75) is 51.9 Å². The molecule has 0 unspecified atom stereocenters. The van der Waals surface area contributed by atoms with Crippen LogP contribution in [0.3, 0.4) is 0 Å². The second kappa shape index (κ2) is 9.78. The zero-order valence-corrected chi connectivity index (χ0v) is 14.7. The standard InChI is InChI=1S/C18H22N4OS/c1-2-3-4-5-6-7-11-16-21-22-18(24-16)20-17(23)15-10-8-9-14(12-15)13-19/h8-10,12H,2-7,11H2,1H3,(H,20,22,23). The van der Waals surface area contributed by atoms with Crippen LogP contribution in [-0.4, -0.2) is 16.1 Å². The predicted molar refractivity (Wildman–Crippen MR) is 96.1 cm³/mol. The van der Waals surface area contributed by atoms with Crippen molar-refractivity contribution < 1.29 is 4.79 Å². The molecule has 1 amide bonds. The van der Waals surface area contributed by atoms with Crippen LogP contribution in [0.4, 0.5) is 5.13 Å². The summed E-state index contributed by atoms with van der Waals surface area (Å²) in [4.78, 5) is 12.2. The third-order valence-corrected chi connectivity index (χ3v) is 4.58. The van der Waals surface area contributed by atoms with E-state index in [9.17, 15) is 4.79 Å². The van der Waals surface area contributed by atoms with Gasteiger partial charge < -0.3 is 0 Å². The maximum absolute atomic E-state index is 12.2. The number of benzene rings is 1. The van der Waals surface area contributed by atoms with Crippen molar-refractivity contribution in [3.05, 3.63) is 40.4 Å². The molecule has 0 aliphatic carbocycles. The molecule has 0 fully saturated rings. The Kier molecular flexibility index (Phi) is 7.37. The Labute approximate surface area is 146 Å². The lowest BCUT2D eigenvalue weighted by Crippen LogP contribution is -2.11. The third-order valence-electron chi connectivity index (χ3n) is 3.69. The van der Waals surface area contributed by atoms with Crippen molar-refractivity contribution in [1.29, 1.82) is 5.26 Å². The van der Waals surface area contributed by atoms with E-state index >= 15 is 0 Å². The number of hydrogen-bond donors (Lipinski definition) is 1. The van der Waals surface area contributed by atoms with Crippen molar-refractivity contribution in [3.8, 4) is 6.07 Å². The van der Waals surface area contributed by atoms with Crippen LogP contribution >= 0.6 is 11.3 Å². The van der Waals surface area contributed by atoms with E-state index in [0.717, 1.165) is 17.8 Å². The first-order chi connectivity index (χ1) is 11.7. The van der Waals surface area contributed by atoms with E-state index < -0.39 is 0 Å². The summed E-state index contributed by atoms with van der Waals surface area (Å²) in [6.07, 6.45) is 8.36. The molecule has 2 rings (SSSR count). The number of nitrogens with zero attached hydrogens (tertiary/aromatic N) is 3. The van der Waals surface area contributed by atoms with E-state index in [1.807, 2.05) is 6.07 Å². The number of hydrogen-bond acceptors (Lipinski definition) is 5. The predicted octanol–water partition coefficient (Wildman–Crippen LogP) is 4.57. The quantitative estimate of drug-likeness (QED) is 0.677. The molecule has 0 atom stereocenters. The second-order valence-corrected chi connectivity index (χ2v) is 6.73. The lowest BCUT2D eigenvalue weighted by Gasteiger charge is -2.01. The number of carbonyl (C=O) groups is 1. The fraction of sp³-hybridized carbons (Fsp3) is 0.444. The molecule has 2 aromatic rings. The molecule has 0 radical (unpaired) electrons. The Morgan fingerprint density at radius 1 is 1.21 bits per heavy atom. The monoisotopic (exact) mass is 342 g/mol. The molecule has 0 saturated heterocycles. The summed E-state index contributed by atoms with van der Waals surface area (Å²) < 4.78 is 0. The summed E-state index contributed by atoms with van der Waals surface area (Å²) in [6, 6.07) is 8.62. The van der Waals surface area contributed by atoms with Gasteiger partial charge in [0.15, 0.2) is 0 Å². The van der Waals surface area contributed by atoms with Gasteiger partial charge in [0.05, 0.1) is 11.6 Å². The molecule has 5 nitrogen and oxygen atoms in total. The van der Waals surface area contributed by atoms with Gasteiger partial charge in [0.25, 0.3) is 5.91 Å². The van der Waals surface area contributed by atoms with Crippen LogP contribution < -0.4 is 5.32 Å². The van der Waals surface area contributed by atoms with Crippen LogP contribution in [0, 0.1) is 11.3 Å². The van der Waals surface area contributed by atoms with E-state index in [2.05, 4.69) is 22.4 Å². The van der Waals surface area contributed by atoms with Crippen LogP contribution in [-0.2, 0) is 6.42 Å². The van der Waals surface area contributed by atoms with E-state index in [-0.39, 0.29) is 5.91 Å². The topological polar surface area (TPSA) is 78.7 Å². The van der Waals surface area contributed by atoms with Gasteiger partial charge in [-0.05, 0) is 24.6 Å². The number of anilines is 1. The molecule has 1 heterocycles. The first kappa shape index (κ1) is 18.1. The first-order valence-corrected chi connectivity index (χ1v) is 9.18. The van der Waals surface area contributed by atoms with E-state index in [4.69, 9.17) is 5.26 Å². The highest BCUT2D eigenvalue weighted by atomic mass is 32.1. The number of aromatic nitrogens is 2. The number of nitriles is 1. The van der Waals surface area contributed by atoms with Crippen molar-refractivity contribution in [1.82, 2.24) is 10.2 Å². The lowest BCUT2D eigenvalue weighted by atomic mass is 10.1. The van der Waals surface area contributed by atoms with E-state index in [1.165, 1.54) is 43.4 Å². The second-order valence-electron chi connectivity index (χ2n) is 5.67. The Morgan fingerprint density at radius 3 is 2.79 bits per heavy atom. The average molecular weight is 342 g/mol. The molecule has 6 heteroatoms. The smallest absolute Gasteiger partial charge is 0.257 e. The highest BCUT2D eigenvalue weighted by Gasteiger charge is 2.10. The van der Waals surface area contributed by atoms with Crippen LogP contribution in [0.15, 0.2) is 24.3 Å². The number of carbonyl (C=O) groups excluding carboxylic acids is 1. The molecule has 0 aliphatic heterocycles. The molecule has 126 valence electrons. The molecule has 1 aromatic carbocycles. The third kappa shape index (κ3) is 5.74. The minimum atomic E-state index is -0.269. The zero-order valence-electron chi connectivity index (χ0n) is 13.9. The Hall–Kier alpha value is -2.26. The fourth-order valence-electron chi connectivity index (χ4n) is 2.36. The maximum Gasteiger partial charge on any atom is 0.257 e. The summed E-state index contributed by atoms with van der Waals surface area (Å²) in [5.74, 6) is -0.269. The van der Waals surface area contributed by atoms with E-state index in [0.29, 0.717) is 16.3 Å². The minimum Gasteiger partial charge on any atom is -0.296 e. The summed E-state index contributed by atoms with van der Waals surface area (Å²) in [5.41, 5.74) is 0.908. The molecular weight excluding hydrogens is 320 g/mol. The van der Waals surface area contributed by atoms with Crippen LogP contribution in [0.5, 0.6) is 0 Å². The SMILES string of the molecule is CCCCCCCCc1nnc(NC(=O)c2cccc(C#N)c2)s1. The summed E-state index contributed by atoms with van der Waals surface area (Å²) in [5, 5.41) is 21.2. The first-order valence-electron chi connectivity index (χ1n) is 8.37. The zero-order chi connectivity index (χ0) is 17.2. The van der Waals surface area contributed by atoms with Gasteiger partial charge in [0.1, 0.15) is 5.01 Å². The molecule has 0 aliphatic rings. The Morgan fingerprint density at radius 2 is 2.00 bits per heavy atom. The number of amides is 1. The summed E-state index contributed by atoms with van der Waals surface area (Å²) in [6.45, 7) is 2.22. The number of unbranched alkanes of at least 4 members (excludes halogenated alkanes) is 5. The van der Waals surface area contributed by atoms with Gasteiger partial charge in [0, 0.05) is 12.0 Å². The van der Waals surface area contributed by atoms with Crippen molar-refractivity contribution >= 4 is 22.4 Å². The normalized spacial score (nSPS) is 10.3. The largest absolute Gasteiger partial charge is 0.296 e. The fourth-order valence-corrected chi connectivity index (χ4v) is 3.14. The summed E-state index contributed by atoms with van der Waals surface area (Å²) in [7, 11) is 0. The van der Waals surface area contributed by atoms with Gasteiger partial charge in [-0.1, -0.05) is 56.4 Å². The molecule has 0 saturated carbocycles. The van der Waals surface area contributed by atoms with Crippen LogP contribution in [0.1, 0.15) is 66.4 Å². The summed E-state index contributed by atoms with van der Waals surface area (Å²) >= 11 is 1.41. The molecule has 0 spiro atoms. The van der Waals surface area contributed by atoms with Crippen molar-refractivity contribution in [2.24, 2.45) is 0 Å². The Bertz CT molecular complexity index is 705. The molecule has 0 bridgehead atoms. The average Bonchev–Trinajstić information content (AvgIpc) is 3.05. The van der Waals surface area contributed by atoms with Crippen LogP contribution in [0.25, 0.3) is 0 Å². The number of rotatable bonds is 9. The number of nitrogens with one attached hydrogen (secondary N) is 1. The number of aryl methyl sites for hydroxylation is 1.